The van der Waals surface area contributed by atoms with Crippen LogP contribution >= 0.6 is 0 Å². The lowest BCUT2D eigenvalue weighted by Crippen LogP contribution is -2.43. The van der Waals surface area contributed by atoms with Gasteiger partial charge in [-0.05, 0) is 26.0 Å². The molecule has 1 aromatic rings. The largest absolute Gasteiger partial charge is 0.385 e. The third-order valence-electron chi connectivity index (χ3n) is 5.11. The zero-order valence-electron chi connectivity index (χ0n) is 18.4. The molecule has 29 heavy (non-hydrogen) atoms. The Bertz CT molecular complexity index is 564. The zero-order valence-corrected chi connectivity index (χ0v) is 18.4. The molecule has 0 aromatic heterocycles. The smallest absolute Gasteiger partial charge is 0.191 e. The van der Waals surface area contributed by atoms with Crippen LogP contribution in [0.1, 0.15) is 24.9 Å². The van der Waals surface area contributed by atoms with Crippen LogP contribution in [0, 0.1) is 0 Å². The first-order chi connectivity index (χ1) is 14.2. The van der Waals surface area contributed by atoms with Crippen LogP contribution in [0.15, 0.2) is 35.3 Å². The minimum Gasteiger partial charge on any atom is -0.385 e. The Morgan fingerprint density at radius 2 is 1.97 bits per heavy atom. The number of morpholine rings is 1. The zero-order chi connectivity index (χ0) is 20.7. The van der Waals surface area contributed by atoms with Crippen LogP contribution in [-0.2, 0) is 9.47 Å². The Hall–Kier alpha value is -1.67. The summed E-state index contributed by atoms with van der Waals surface area (Å²) in [6.07, 6.45) is 1.06. The van der Waals surface area contributed by atoms with Gasteiger partial charge in [0.15, 0.2) is 5.96 Å². The van der Waals surface area contributed by atoms with Gasteiger partial charge >= 0.3 is 0 Å². The Kier molecular flexibility index (Phi) is 11.7. The summed E-state index contributed by atoms with van der Waals surface area (Å²) in [5.41, 5.74) is 1.31. The van der Waals surface area contributed by atoms with Crippen molar-refractivity contribution in [3.05, 3.63) is 35.9 Å². The van der Waals surface area contributed by atoms with Crippen LogP contribution in [0.25, 0.3) is 0 Å². The summed E-state index contributed by atoms with van der Waals surface area (Å²) in [5, 5.41) is 6.85. The molecule has 1 atom stereocenters. The fourth-order valence-electron chi connectivity index (χ4n) is 3.47. The van der Waals surface area contributed by atoms with E-state index in [4.69, 9.17) is 14.5 Å². The van der Waals surface area contributed by atoms with E-state index < -0.39 is 0 Å². The van der Waals surface area contributed by atoms with Gasteiger partial charge in [-0.2, -0.15) is 0 Å². The number of hydrogen-bond donors (Lipinski definition) is 2. The molecule has 1 aromatic carbocycles. The fourth-order valence-corrected chi connectivity index (χ4v) is 3.47. The number of nitrogens with one attached hydrogen (secondary N) is 2. The van der Waals surface area contributed by atoms with Crippen LogP contribution in [0.5, 0.6) is 0 Å². The number of nitrogens with zero attached hydrogens (tertiary/aromatic N) is 3. The maximum Gasteiger partial charge on any atom is 0.191 e. The topological polar surface area (TPSA) is 61.4 Å². The van der Waals surface area contributed by atoms with E-state index in [1.807, 2.05) is 0 Å². The van der Waals surface area contributed by atoms with Gasteiger partial charge in [-0.25, -0.2) is 0 Å². The summed E-state index contributed by atoms with van der Waals surface area (Å²) < 4.78 is 10.7. The Labute approximate surface area is 176 Å². The SMILES string of the molecule is CCNC(=NCC(c1ccccc1)N1CCOCC1)NCCN(C)CCCOC. The lowest BCUT2D eigenvalue weighted by atomic mass is 10.1. The molecule has 0 amide bonds. The van der Waals surface area contributed by atoms with Gasteiger partial charge in [0.25, 0.3) is 0 Å². The molecule has 1 fully saturated rings. The van der Waals surface area contributed by atoms with Crippen molar-refractivity contribution in [2.75, 3.05) is 79.8 Å². The second-order valence-electron chi connectivity index (χ2n) is 7.37. The summed E-state index contributed by atoms with van der Waals surface area (Å²) in [6.45, 7) is 10.8. The third-order valence-corrected chi connectivity index (χ3v) is 5.11. The van der Waals surface area contributed by atoms with E-state index in [0.29, 0.717) is 0 Å². The molecule has 1 aliphatic rings. The van der Waals surface area contributed by atoms with E-state index in [1.54, 1.807) is 7.11 Å². The normalized spacial score (nSPS) is 16.8. The van der Waals surface area contributed by atoms with Crippen LogP contribution in [0.3, 0.4) is 0 Å². The van der Waals surface area contributed by atoms with Crippen molar-refractivity contribution in [1.29, 1.82) is 0 Å². The molecule has 0 spiro atoms. The Morgan fingerprint density at radius 1 is 1.21 bits per heavy atom. The molecule has 1 aliphatic heterocycles. The average molecular weight is 406 g/mol. The Morgan fingerprint density at radius 3 is 2.66 bits per heavy atom. The summed E-state index contributed by atoms with van der Waals surface area (Å²) in [4.78, 5) is 9.71. The molecule has 7 heteroatoms. The number of aliphatic imine (C=N–C) groups is 1. The van der Waals surface area contributed by atoms with Gasteiger partial charge in [0.05, 0.1) is 25.8 Å². The van der Waals surface area contributed by atoms with Crippen LogP contribution in [-0.4, -0.2) is 95.6 Å². The summed E-state index contributed by atoms with van der Waals surface area (Å²) in [7, 11) is 3.89. The number of likely N-dealkylation sites (N-methyl/N-ethyl adjacent to an activating group) is 1. The van der Waals surface area contributed by atoms with Gasteiger partial charge in [-0.3, -0.25) is 9.89 Å². The highest BCUT2D eigenvalue weighted by Crippen LogP contribution is 2.22. The van der Waals surface area contributed by atoms with Gasteiger partial charge in [0.2, 0.25) is 0 Å². The van der Waals surface area contributed by atoms with E-state index in [-0.39, 0.29) is 6.04 Å². The van der Waals surface area contributed by atoms with Crippen molar-refractivity contribution in [3.63, 3.8) is 0 Å². The fraction of sp³-hybridized carbons (Fsp3) is 0.682. The molecule has 0 saturated carbocycles. The van der Waals surface area contributed by atoms with Crippen molar-refractivity contribution in [2.45, 2.75) is 19.4 Å². The van der Waals surface area contributed by atoms with Gasteiger partial charge in [0, 0.05) is 53.0 Å². The van der Waals surface area contributed by atoms with Crippen molar-refractivity contribution >= 4 is 5.96 Å². The predicted octanol–water partition coefficient (Wildman–Crippen LogP) is 1.58. The molecule has 0 bridgehead atoms. The second-order valence-corrected chi connectivity index (χ2v) is 7.37. The van der Waals surface area contributed by atoms with Crippen molar-refractivity contribution in [2.24, 2.45) is 4.99 Å². The number of rotatable bonds is 12. The first kappa shape index (κ1) is 23.6. The number of methoxy groups -OCH3 is 1. The first-order valence-corrected chi connectivity index (χ1v) is 10.8. The van der Waals surface area contributed by atoms with Gasteiger partial charge < -0.3 is 25.0 Å². The molecule has 2 N–H and O–H groups in total. The lowest BCUT2D eigenvalue weighted by Gasteiger charge is -2.34. The van der Waals surface area contributed by atoms with E-state index in [1.165, 1.54) is 5.56 Å². The number of guanidine groups is 1. The molecule has 1 saturated heterocycles. The van der Waals surface area contributed by atoms with Gasteiger partial charge in [-0.15, -0.1) is 0 Å². The van der Waals surface area contributed by atoms with E-state index in [9.17, 15) is 0 Å². The molecule has 0 radical (unpaired) electrons. The second kappa shape index (κ2) is 14.3. The van der Waals surface area contributed by atoms with Crippen molar-refractivity contribution in [3.8, 4) is 0 Å². The number of benzene rings is 1. The summed E-state index contributed by atoms with van der Waals surface area (Å²) in [6, 6.07) is 10.9. The van der Waals surface area contributed by atoms with Gasteiger partial charge in [-0.1, -0.05) is 30.3 Å². The van der Waals surface area contributed by atoms with Crippen LogP contribution in [0.2, 0.25) is 0 Å². The van der Waals surface area contributed by atoms with Gasteiger partial charge in [0.1, 0.15) is 0 Å². The van der Waals surface area contributed by atoms with Crippen LogP contribution < -0.4 is 10.6 Å². The maximum absolute atomic E-state index is 5.55. The molecular weight excluding hydrogens is 366 g/mol. The van der Waals surface area contributed by atoms with E-state index >= 15 is 0 Å². The quantitative estimate of drug-likeness (QED) is 0.313. The Balaban J connectivity index is 1.92. The van der Waals surface area contributed by atoms with Crippen molar-refractivity contribution < 1.29 is 9.47 Å². The number of ether oxygens (including phenoxy) is 2. The van der Waals surface area contributed by atoms with E-state index in [2.05, 4.69) is 64.7 Å². The molecule has 164 valence electrons. The predicted molar refractivity (Wildman–Crippen MR) is 120 cm³/mol. The monoisotopic (exact) mass is 405 g/mol. The number of hydrogen-bond acceptors (Lipinski definition) is 5. The minimum atomic E-state index is 0.271. The molecule has 0 aliphatic carbocycles. The molecule has 1 heterocycles. The third kappa shape index (κ3) is 9.12. The first-order valence-electron chi connectivity index (χ1n) is 10.8. The maximum atomic E-state index is 5.55. The summed E-state index contributed by atoms with van der Waals surface area (Å²) in [5.74, 6) is 0.881. The molecular formula is C22H39N5O2. The lowest BCUT2D eigenvalue weighted by molar-refractivity contribution is 0.0179. The summed E-state index contributed by atoms with van der Waals surface area (Å²) >= 11 is 0. The highest BCUT2D eigenvalue weighted by molar-refractivity contribution is 5.79. The molecule has 2 rings (SSSR count). The standard InChI is InChI=1S/C22H39N5O2/c1-4-23-22(24-11-13-26(2)12-8-16-28-3)25-19-21(20-9-6-5-7-10-20)27-14-17-29-18-15-27/h5-7,9-10,21H,4,8,11-19H2,1-3H3,(H2,23,24,25). The van der Waals surface area contributed by atoms with Crippen molar-refractivity contribution in [1.82, 2.24) is 20.4 Å². The average Bonchev–Trinajstić information content (AvgIpc) is 2.75. The highest BCUT2D eigenvalue weighted by atomic mass is 16.5. The van der Waals surface area contributed by atoms with E-state index in [0.717, 1.165) is 78.0 Å². The highest BCUT2D eigenvalue weighted by Gasteiger charge is 2.22. The minimum absolute atomic E-state index is 0.271. The van der Waals surface area contributed by atoms with Crippen LogP contribution in [0.4, 0.5) is 0 Å². The molecule has 1 unspecified atom stereocenters. The molecule has 7 nitrogen and oxygen atoms in total.